The van der Waals surface area contributed by atoms with Crippen LogP contribution in [0.5, 0.6) is 0 Å². The molecule has 1 aromatic carbocycles. The quantitative estimate of drug-likeness (QED) is 0.915. The van der Waals surface area contributed by atoms with Crippen LogP contribution in [0.25, 0.3) is 10.9 Å². The smallest absolute Gasteiger partial charge is 0.0480 e. The van der Waals surface area contributed by atoms with E-state index in [0.29, 0.717) is 0 Å². The SMILES string of the molecule is CCC(N)Cc1ccc2c(ccn2CC2CCOCC2)c1. The lowest BCUT2D eigenvalue weighted by Gasteiger charge is -2.22. The first-order chi connectivity index (χ1) is 10.3. The Morgan fingerprint density at radius 2 is 2.10 bits per heavy atom. The van der Waals surface area contributed by atoms with Gasteiger partial charge in [-0.05, 0) is 60.7 Å². The van der Waals surface area contributed by atoms with Crippen molar-refractivity contribution in [3.05, 3.63) is 36.0 Å². The number of ether oxygens (including phenoxy) is 1. The fourth-order valence-electron chi connectivity index (χ4n) is 3.19. The summed E-state index contributed by atoms with van der Waals surface area (Å²) in [5.74, 6) is 0.752. The number of hydrogen-bond donors (Lipinski definition) is 1. The van der Waals surface area contributed by atoms with Crippen molar-refractivity contribution in [1.29, 1.82) is 0 Å². The lowest BCUT2D eigenvalue weighted by Crippen LogP contribution is -2.21. The van der Waals surface area contributed by atoms with Gasteiger partial charge in [0.2, 0.25) is 0 Å². The second kappa shape index (κ2) is 6.63. The van der Waals surface area contributed by atoms with Gasteiger partial charge in [-0.2, -0.15) is 0 Å². The van der Waals surface area contributed by atoms with Gasteiger partial charge in [0.25, 0.3) is 0 Å². The summed E-state index contributed by atoms with van der Waals surface area (Å²) in [6.45, 7) is 5.10. The van der Waals surface area contributed by atoms with Gasteiger partial charge in [-0.25, -0.2) is 0 Å². The molecule has 21 heavy (non-hydrogen) atoms. The van der Waals surface area contributed by atoms with Crippen LogP contribution in [-0.2, 0) is 17.7 Å². The summed E-state index contributed by atoms with van der Waals surface area (Å²) < 4.78 is 7.85. The van der Waals surface area contributed by atoms with Gasteiger partial charge in [-0.15, -0.1) is 0 Å². The first-order valence-electron chi connectivity index (χ1n) is 8.17. The molecule has 1 aromatic heterocycles. The number of hydrogen-bond acceptors (Lipinski definition) is 2. The van der Waals surface area contributed by atoms with Crippen LogP contribution in [0.4, 0.5) is 0 Å². The largest absolute Gasteiger partial charge is 0.381 e. The first kappa shape index (κ1) is 14.6. The molecule has 3 nitrogen and oxygen atoms in total. The maximum Gasteiger partial charge on any atom is 0.0480 e. The van der Waals surface area contributed by atoms with Gasteiger partial charge < -0.3 is 15.0 Å². The van der Waals surface area contributed by atoms with Crippen LogP contribution < -0.4 is 5.73 Å². The predicted octanol–water partition coefficient (Wildman–Crippen LogP) is 3.35. The maximum absolute atomic E-state index is 6.06. The van der Waals surface area contributed by atoms with E-state index in [2.05, 4.69) is 42.0 Å². The van der Waals surface area contributed by atoms with Crippen molar-refractivity contribution in [2.45, 2.75) is 45.2 Å². The van der Waals surface area contributed by atoms with Crippen molar-refractivity contribution in [1.82, 2.24) is 4.57 Å². The standard InChI is InChI=1S/C18H26N2O/c1-2-17(19)12-15-3-4-18-16(11-15)5-8-20(18)13-14-6-9-21-10-7-14/h3-5,8,11,14,17H,2,6-7,9-10,12-13,19H2,1H3. The third-order valence-corrected chi connectivity index (χ3v) is 4.65. The van der Waals surface area contributed by atoms with E-state index < -0.39 is 0 Å². The summed E-state index contributed by atoms with van der Waals surface area (Å²) >= 11 is 0. The molecule has 0 aliphatic carbocycles. The van der Waals surface area contributed by atoms with Crippen molar-refractivity contribution in [3.63, 3.8) is 0 Å². The summed E-state index contributed by atoms with van der Waals surface area (Å²) in [5, 5.41) is 1.34. The number of aromatic nitrogens is 1. The zero-order valence-electron chi connectivity index (χ0n) is 12.9. The van der Waals surface area contributed by atoms with Crippen LogP contribution in [0, 0.1) is 5.92 Å². The van der Waals surface area contributed by atoms with E-state index in [1.54, 1.807) is 0 Å². The van der Waals surface area contributed by atoms with E-state index in [1.165, 1.54) is 29.3 Å². The van der Waals surface area contributed by atoms with E-state index in [-0.39, 0.29) is 6.04 Å². The topological polar surface area (TPSA) is 40.2 Å². The van der Waals surface area contributed by atoms with Gasteiger partial charge in [0.05, 0.1) is 0 Å². The fourth-order valence-corrected chi connectivity index (χ4v) is 3.19. The van der Waals surface area contributed by atoms with Gasteiger partial charge in [0, 0.05) is 37.5 Å². The van der Waals surface area contributed by atoms with Gasteiger partial charge in [-0.3, -0.25) is 0 Å². The third-order valence-electron chi connectivity index (χ3n) is 4.65. The van der Waals surface area contributed by atoms with Crippen molar-refractivity contribution < 1.29 is 4.74 Å². The molecule has 1 atom stereocenters. The van der Waals surface area contributed by atoms with Gasteiger partial charge in [0.1, 0.15) is 0 Å². The summed E-state index contributed by atoms with van der Waals surface area (Å²) in [7, 11) is 0. The number of fused-ring (bicyclic) bond motifs is 1. The summed E-state index contributed by atoms with van der Waals surface area (Å²) in [4.78, 5) is 0. The highest BCUT2D eigenvalue weighted by molar-refractivity contribution is 5.80. The lowest BCUT2D eigenvalue weighted by atomic mass is 10.00. The van der Waals surface area contributed by atoms with Crippen molar-refractivity contribution >= 4 is 10.9 Å². The number of nitrogens with zero attached hydrogens (tertiary/aromatic N) is 1. The Kier molecular flexibility index (Phi) is 4.61. The Morgan fingerprint density at radius 3 is 2.86 bits per heavy atom. The van der Waals surface area contributed by atoms with E-state index in [9.17, 15) is 0 Å². The molecule has 2 N–H and O–H groups in total. The molecule has 0 bridgehead atoms. The molecule has 114 valence electrons. The van der Waals surface area contributed by atoms with E-state index in [1.807, 2.05) is 0 Å². The molecule has 0 spiro atoms. The van der Waals surface area contributed by atoms with Crippen LogP contribution in [0.3, 0.4) is 0 Å². The van der Waals surface area contributed by atoms with Gasteiger partial charge >= 0.3 is 0 Å². The molecule has 2 heterocycles. The number of rotatable bonds is 5. The summed E-state index contributed by atoms with van der Waals surface area (Å²) in [6.07, 6.45) is 6.59. The molecule has 0 amide bonds. The Bertz CT molecular complexity index is 584. The second-order valence-corrected chi connectivity index (χ2v) is 6.29. The second-order valence-electron chi connectivity index (χ2n) is 6.29. The molecule has 1 fully saturated rings. The highest BCUT2D eigenvalue weighted by Crippen LogP contribution is 2.23. The van der Waals surface area contributed by atoms with Gasteiger partial charge in [0.15, 0.2) is 0 Å². The number of nitrogens with two attached hydrogens (primary N) is 1. The van der Waals surface area contributed by atoms with E-state index in [4.69, 9.17) is 10.5 Å². The number of benzene rings is 1. The van der Waals surface area contributed by atoms with Crippen LogP contribution in [-0.4, -0.2) is 23.8 Å². The minimum absolute atomic E-state index is 0.270. The fraction of sp³-hybridized carbons (Fsp3) is 0.556. The van der Waals surface area contributed by atoms with Crippen LogP contribution in [0.1, 0.15) is 31.7 Å². The Hall–Kier alpha value is -1.32. The zero-order chi connectivity index (χ0) is 14.7. The first-order valence-corrected chi connectivity index (χ1v) is 8.17. The predicted molar refractivity (Wildman–Crippen MR) is 87.5 cm³/mol. The van der Waals surface area contributed by atoms with Crippen molar-refractivity contribution in [3.8, 4) is 0 Å². The molecule has 1 unspecified atom stereocenters. The van der Waals surface area contributed by atoms with Crippen LogP contribution in [0.2, 0.25) is 0 Å². The molecule has 0 saturated carbocycles. The van der Waals surface area contributed by atoms with E-state index in [0.717, 1.165) is 38.5 Å². The maximum atomic E-state index is 6.06. The van der Waals surface area contributed by atoms with Gasteiger partial charge in [-0.1, -0.05) is 13.0 Å². The monoisotopic (exact) mass is 286 g/mol. The molecule has 3 rings (SSSR count). The molecular formula is C18H26N2O. The Morgan fingerprint density at radius 1 is 1.29 bits per heavy atom. The highest BCUT2D eigenvalue weighted by atomic mass is 16.5. The molecule has 1 saturated heterocycles. The van der Waals surface area contributed by atoms with Crippen LogP contribution >= 0.6 is 0 Å². The average Bonchev–Trinajstić information content (AvgIpc) is 2.90. The summed E-state index contributed by atoms with van der Waals surface area (Å²) in [5.41, 5.74) is 8.75. The minimum atomic E-state index is 0.270. The van der Waals surface area contributed by atoms with Crippen molar-refractivity contribution in [2.75, 3.05) is 13.2 Å². The average molecular weight is 286 g/mol. The molecule has 1 aliphatic heterocycles. The molecule has 1 aliphatic rings. The lowest BCUT2D eigenvalue weighted by molar-refractivity contribution is 0.0616. The normalized spacial score (nSPS) is 18.2. The Labute approximate surface area is 127 Å². The highest BCUT2D eigenvalue weighted by Gasteiger charge is 2.15. The van der Waals surface area contributed by atoms with Crippen molar-refractivity contribution in [2.24, 2.45) is 11.7 Å². The molecular weight excluding hydrogens is 260 g/mol. The molecule has 2 aromatic rings. The molecule has 3 heteroatoms. The Balaban J connectivity index is 1.75. The zero-order valence-corrected chi connectivity index (χ0v) is 12.9. The molecule has 0 radical (unpaired) electrons. The van der Waals surface area contributed by atoms with Crippen LogP contribution in [0.15, 0.2) is 30.5 Å². The minimum Gasteiger partial charge on any atom is -0.381 e. The summed E-state index contributed by atoms with van der Waals surface area (Å²) in [6, 6.07) is 9.29. The third kappa shape index (κ3) is 3.47. The van der Waals surface area contributed by atoms with E-state index >= 15 is 0 Å².